The predicted octanol–water partition coefficient (Wildman–Crippen LogP) is 2.93. The van der Waals surface area contributed by atoms with E-state index >= 15 is 0 Å². The molecule has 1 heterocycles. The second-order valence-electron chi connectivity index (χ2n) is 5.45. The Bertz CT molecular complexity index is 555. The van der Waals surface area contributed by atoms with Gasteiger partial charge in [0, 0.05) is 18.2 Å². The normalized spacial score (nSPS) is 14.9. The molecule has 2 rings (SSSR count). The monoisotopic (exact) mass is 301 g/mol. The molecule has 0 atom stereocenters. The number of halogens is 3. The fraction of sp³-hybridized carbons (Fsp3) is 0.500. The third-order valence-electron chi connectivity index (χ3n) is 3.43. The molecule has 1 aromatic rings. The lowest BCUT2D eigenvalue weighted by Crippen LogP contribution is -2.39. The number of rotatable bonds is 3. The molecule has 3 N–H and O–H groups in total. The molecule has 4 nitrogen and oxygen atoms in total. The van der Waals surface area contributed by atoms with Crippen LogP contribution >= 0.6 is 0 Å². The number of benzene rings is 1. The van der Waals surface area contributed by atoms with Gasteiger partial charge in [0.25, 0.3) is 0 Å². The molecule has 0 radical (unpaired) electrons. The first kappa shape index (κ1) is 15.5. The lowest BCUT2D eigenvalue weighted by atomic mass is 10.0. The molecule has 0 aromatic heterocycles. The Morgan fingerprint density at radius 1 is 1.33 bits per heavy atom. The van der Waals surface area contributed by atoms with Crippen molar-refractivity contribution in [1.29, 1.82) is 0 Å². The zero-order valence-corrected chi connectivity index (χ0v) is 11.9. The molecule has 0 spiro atoms. The lowest BCUT2D eigenvalue weighted by molar-refractivity contribution is -0.120. The van der Waals surface area contributed by atoms with Crippen LogP contribution in [0.5, 0.6) is 0 Å². The van der Waals surface area contributed by atoms with Crippen molar-refractivity contribution in [2.24, 2.45) is 0 Å². The number of nitrogens with two attached hydrogens (primary N) is 1. The van der Waals surface area contributed by atoms with Crippen molar-refractivity contribution in [2.45, 2.75) is 38.9 Å². The smallest absolute Gasteiger partial charge is 0.397 e. The standard InChI is InChI=1S/C14H18F3N3O/c1-8(2)20(7-14(15,16)17)12-5-9-3-4-13(21)19-11(9)6-10(12)18/h5-6,8H,3-4,7,18H2,1-2H3,(H,19,21). The minimum atomic E-state index is -4.30. The molecule has 7 heteroatoms. The van der Waals surface area contributed by atoms with E-state index in [0.29, 0.717) is 24.2 Å². The van der Waals surface area contributed by atoms with Crippen molar-refractivity contribution in [1.82, 2.24) is 0 Å². The summed E-state index contributed by atoms with van der Waals surface area (Å²) in [4.78, 5) is 12.6. The second-order valence-corrected chi connectivity index (χ2v) is 5.45. The molecule has 0 saturated carbocycles. The molecule has 0 bridgehead atoms. The van der Waals surface area contributed by atoms with Gasteiger partial charge in [-0.15, -0.1) is 0 Å². The number of nitrogen functional groups attached to an aromatic ring is 1. The topological polar surface area (TPSA) is 58.4 Å². The lowest BCUT2D eigenvalue weighted by Gasteiger charge is -2.32. The summed E-state index contributed by atoms with van der Waals surface area (Å²) in [6.07, 6.45) is -3.47. The summed E-state index contributed by atoms with van der Waals surface area (Å²) in [5.41, 5.74) is 7.87. The van der Waals surface area contributed by atoms with Crippen molar-refractivity contribution in [3.05, 3.63) is 17.7 Å². The Hall–Kier alpha value is -1.92. The number of nitrogens with zero attached hydrogens (tertiary/aromatic N) is 1. The Balaban J connectivity index is 2.39. The quantitative estimate of drug-likeness (QED) is 0.844. The van der Waals surface area contributed by atoms with E-state index in [2.05, 4.69) is 5.32 Å². The molecule has 0 unspecified atom stereocenters. The maximum Gasteiger partial charge on any atom is 0.405 e. The van der Waals surface area contributed by atoms with Crippen LogP contribution in [0.4, 0.5) is 30.2 Å². The maximum absolute atomic E-state index is 12.7. The third-order valence-corrected chi connectivity index (χ3v) is 3.43. The molecule has 0 aliphatic carbocycles. The van der Waals surface area contributed by atoms with Gasteiger partial charge in [0.1, 0.15) is 6.54 Å². The Morgan fingerprint density at radius 3 is 2.57 bits per heavy atom. The highest BCUT2D eigenvalue weighted by molar-refractivity contribution is 5.95. The molecular formula is C14H18F3N3O. The fourth-order valence-electron chi connectivity index (χ4n) is 2.42. The first-order valence-electron chi connectivity index (χ1n) is 6.73. The largest absolute Gasteiger partial charge is 0.405 e. The van der Waals surface area contributed by atoms with Gasteiger partial charge < -0.3 is 16.0 Å². The summed E-state index contributed by atoms with van der Waals surface area (Å²) >= 11 is 0. The summed E-state index contributed by atoms with van der Waals surface area (Å²) < 4.78 is 38.2. The molecule has 0 saturated heterocycles. The molecule has 1 amide bonds. The SMILES string of the molecule is CC(C)N(CC(F)(F)F)c1cc2c(cc1N)NC(=O)CC2. The van der Waals surface area contributed by atoms with Gasteiger partial charge in [-0.2, -0.15) is 13.2 Å². The number of aryl methyl sites for hydroxylation is 1. The highest BCUT2D eigenvalue weighted by Gasteiger charge is 2.33. The minimum absolute atomic E-state index is 0.106. The summed E-state index contributed by atoms with van der Waals surface area (Å²) in [7, 11) is 0. The number of carbonyl (C=O) groups excluding carboxylic acids is 1. The number of nitrogens with one attached hydrogen (secondary N) is 1. The molecule has 21 heavy (non-hydrogen) atoms. The van der Waals surface area contributed by atoms with Gasteiger partial charge in [0.15, 0.2) is 0 Å². The summed E-state index contributed by atoms with van der Waals surface area (Å²) in [6.45, 7) is 2.32. The first-order chi connectivity index (χ1) is 9.67. The van der Waals surface area contributed by atoms with Crippen LogP contribution in [0.25, 0.3) is 0 Å². The number of hydrogen-bond donors (Lipinski definition) is 2. The Kier molecular flexibility index (Phi) is 4.02. The zero-order chi connectivity index (χ0) is 15.8. The highest BCUT2D eigenvalue weighted by Crippen LogP contribution is 2.35. The maximum atomic E-state index is 12.7. The summed E-state index contributed by atoms with van der Waals surface area (Å²) in [5.74, 6) is -0.106. The number of alkyl halides is 3. The van der Waals surface area contributed by atoms with Crippen LogP contribution < -0.4 is 16.0 Å². The number of hydrogen-bond acceptors (Lipinski definition) is 3. The molecule has 116 valence electrons. The molecule has 1 aromatic carbocycles. The van der Waals surface area contributed by atoms with Crippen LogP contribution in [0, 0.1) is 0 Å². The van der Waals surface area contributed by atoms with Gasteiger partial charge in [-0.05, 0) is 38.0 Å². The van der Waals surface area contributed by atoms with E-state index in [4.69, 9.17) is 5.73 Å². The number of carbonyl (C=O) groups is 1. The van der Waals surface area contributed by atoms with Crippen LogP contribution in [-0.4, -0.2) is 24.7 Å². The number of amides is 1. The van der Waals surface area contributed by atoms with Gasteiger partial charge in [0.2, 0.25) is 5.91 Å². The zero-order valence-electron chi connectivity index (χ0n) is 11.9. The average Bonchev–Trinajstić information content (AvgIpc) is 2.34. The first-order valence-corrected chi connectivity index (χ1v) is 6.73. The van der Waals surface area contributed by atoms with E-state index in [1.807, 2.05) is 0 Å². The van der Waals surface area contributed by atoms with E-state index in [1.165, 1.54) is 11.0 Å². The van der Waals surface area contributed by atoms with E-state index in [-0.39, 0.29) is 17.6 Å². The van der Waals surface area contributed by atoms with Crippen molar-refractivity contribution < 1.29 is 18.0 Å². The van der Waals surface area contributed by atoms with Gasteiger partial charge in [0.05, 0.1) is 11.4 Å². The van der Waals surface area contributed by atoms with E-state index < -0.39 is 12.7 Å². The summed E-state index contributed by atoms with van der Waals surface area (Å²) in [6, 6.07) is 2.84. The van der Waals surface area contributed by atoms with Crippen molar-refractivity contribution >= 4 is 23.0 Å². The van der Waals surface area contributed by atoms with E-state index in [0.717, 1.165) is 5.56 Å². The molecule has 1 aliphatic rings. The van der Waals surface area contributed by atoms with Gasteiger partial charge in [-0.3, -0.25) is 4.79 Å². The van der Waals surface area contributed by atoms with Crippen molar-refractivity contribution in [3.8, 4) is 0 Å². The van der Waals surface area contributed by atoms with Crippen LogP contribution in [0.15, 0.2) is 12.1 Å². The van der Waals surface area contributed by atoms with Gasteiger partial charge in [-0.1, -0.05) is 0 Å². The third kappa shape index (κ3) is 3.59. The molecular weight excluding hydrogens is 283 g/mol. The van der Waals surface area contributed by atoms with Crippen molar-refractivity contribution in [3.63, 3.8) is 0 Å². The Morgan fingerprint density at radius 2 is 2.00 bits per heavy atom. The number of fused-ring (bicyclic) bond motifs is 1. The molecule has 1 aliphatic heterocycles. The average molecular weight is 301 g/mol. The van der Waals surface area contributed by atoms with E-state index in [9.17, 15) is 18.0 Å². The van der Waals surface area contributed by atoms with Crippen LogP contribution in [0.1, 0.15) is 25.8 Å². The summed E-state index contributed by atoms with van der Waals surface area (Å²) in [5, 5.41) is 2.68. The molecule has 0 fully saturated rings. The van der Waals surface area contributed by atoms with Crippen LogP contribution in [0.3, 0.4) is 0 Å². The van der Waals surface area contributed by atoms with E-state index in [1.54, 1.807) is 19.9 Å². The fourth-order valence-corrected chi connectivity index (χ4v) is 2.42. The van der Waals surface area contributed by atoms with Crippen LogP contribution in [0.2, 0.25) is 0 Å². The van der Waals surface area contributed by atoms with Gasteiger partial charge >= 0.3 is 6.18 Å². The minimum Gasteiger partial charge on any atom is -0.397 e. The predicted molar refractivity (Wildman–Crippen MR) is 76.3 cm³/mol. The van der Waals surface area contributed by atoms with Crippen molar-refractivity contribution in [2.75, 3.05) is 22.5 Å². The Labute approximate surface area is 121 Å². The number of anilines is 3. The highest BCUT2D eigenvalue weighted by atomic mass is 19.4. The van der Waals surface area contributed by atoms with Crippen LogP contribution in [-0.2, 0) is 11.2 Å². The van der Waals surface area contributed by atoms with Gasteiger partial charge in [-0.25, -0.2) is 0 Å². The second kappa shape index (κ2) is 5.46.